The van der Waals surface area contributed by atoms with E-state index in [2.05, 4.69) is 31.2 Å². The number of benzene rings is 2. The summed E-state index contributed by atoms with van der Waals surface area (Å²) in [5.74, 6) is 1.92. The first-order chi connectivity index (χ1) is 11.1. The fraction of sp³-hybridized carbons (Fsp3) is 0.125. The molecule has 0 spiro atoms. The van der Waals surface area contributed by atoms with Gasteiger partial charge in [0.25, 0.3) is 0 Å². The number of nitrogens with two attached hydrogens (primary N) is 1. The summed E-state index contributed by atoms with van der Waals surface area (Å²) in [7, 11) is 3.19. The van der Waals surface area contributed by atoms with Crippen molar-refractivity contribution < 1.29 is 9.47 Å². The first-order valence-corrected chi connectivity index (χ1v) is 7.60. The molecule has 118 valence electrons. The standard InChI is InChI=1S/C16H15BrN4O2/c1-22-14-6-10-13(7-15(14)23-2)19-8-20-16(10)21-9-3-4-12(18)11(17)5-9/h3-8H,18H2,1-2H3,(H,19,20,21). The fourth-order valence-corrected chi connectivity index (χ4v) is 2.60. The molecule has 0 fully saturated rings. The molecule has 0 bridgehead atoms. The number of fused-ring (bicyclic) bond motifs is 1. The number of nitrogens with zero attached hydrogens (tertiary/aromatic N) is 2. The third kappa shape index (κ3) is 3.00. The van der Waals surface area contributed by atoms with E-state index in [1.807, 2.05) is 30.3 Å². The van der Waals surface area contributed by atoms with Crippen molar-refractivity contribution in [2.75, 3.05) is 25.3 Å². The maximum atomic E-state index is 5.81. The molecule has 0 atom stereocenters. The number of ether oxygens (including phenoxy) is 2. The van der Waals surface area contributed by atoms with Crippen LogP contribution in [0.5, 0.6) is 11.5 Å². The monoisotopic (exact) mass is 374 g/mol. The second kappa shape index (κ2) is 6.29. The molecular weight excluding hydrogens is 360 g/mol. The second-order valence-electron chi connectivity index (χ2n) is 4.81. The van der Waals surface area contributed by atoms with Gasteiger partial charge in [0.15, 0.2) is 11.5 Å². The molecule has 1 aromatic heterocycles. The van der Waals surface area contributed by atoms with E-state index >= 15 is 0 Å². The zero-order valence-electron chi connectivity index (χ0n) is 12.6. The van der Waals surface area contributed by atoms with Crippen molar-refractivity contribution in [3.63, 3.8) is 0 Å². The van der Waals surface area contributed by atoms with Crippen molar-refractivity contribution in [3.05, 3.63) is 41.1 Å². The maximum absolute atomic E-state index is 5.81. The molecule has 3 aromatic rings. The number of methoxy groups -OCH3 is 2. The van der Waals surface area contributed by atoms with Crippen molar-refractivity contribution in [2.24, 2.45) is 0 Å². The lowest BCUT2D eigenvalue weighted by atomic mass is 10.2. The topological polar surface area (TPSA) is 82.3 Å². The molecule has 0 unspecified atom stereocenters. The van der Waals surface area contributed by atoms with Crippen LogP contribution in [0.2, 0.25) is 0 Å². The van der Waals surface area contributed by atoms with Crippen molar-refractivity contribution >= 4 is 44.0 Å². The van der Waals surface area contributed by atoms with Crippen molar-refractivity contribution in [2.45, 2.75) is 0 Å². The molecule has 0 amide bonds. The van der Waals surface area contributed by atoms with E-state index in [0.29, 0.717) is 23.0 Å². The minimum atomic E-state index is 0.622. The predicted molar refractivity (Wildman–Crippen MR) is 94.5 cm³/mol. The van der Waals surface area contributed by atoms with E-state index in [1.54, 1.807) is 14.2 Å². The van der Waals surface area contributed by atoms with Gasteiger partial charge in [0.2, 0.25) is 0 Å². The summed E-state index contributed by atoms with van der Waals surface area (Å²) < 4.78 is 11.5. The van der Waals surface area contributed by atoms with E-state index in [1.165, 1.54) is 6.33 Å². The molecule has 2 aromatic carbocycles. The van der Waals surface area contributed by atoms with Crippen LogP contribution in [0.3, 0.4) is 0 Å². The molecule has 3 N–H and O–H groups in total. The van der Waals surface area contributed by atoms with Gasteiger partial charge in [-0.25, -0.2) is 9.97 Å². The Bertz CT molecular complexity index is 870. The van der Waals surface area contributed by atoms with Gasteiger partial charge in [-0.3, -0.25) is 0 Å². The van der Waals surface area contributed by atoms with Crippen molar-refractivity contribution in [1.29, 1.82) is 0 Å². The van der Waals surface area contributed by atoms with Gasteiger partial charge in [0.1, 0.15) is 12.1 Å². The molecule has 0 aliphatic heterocycles. The van der Waals surface area contributed by atoms with Crippen LogP contribution >= 0.6 is 15.9 Å². The molecule has 0 radical (unpaired) electrons. The lowest BCUT2D eigenvalue weighted by Crippen LogP contribution is -1.98. The van der Waals surface area contributed by atoms with Crippen LogP contribution in [0.15, 0.2) is 41.1 Å². The molecular formula is C16H15BrN4O2. The summed E-state index contributed by atoms with van der Waals surface area (Å²) in [6, 6.07) is 9.26. The summed E-state index contributed by atoms with van der Waals surface area (Å²) in [6.07, 6.45) is 1.50. The van der Waals surface area contributed by atoms with Gasteiger partial charge in [0.05, 0.1) is 19.7 Å². The zero-order chi connectivity index (χ0) is 16.4. The number of halogens is 1. The summed E-state index contributed by atoms with van der Waals surface area (Å²) in [5.41, 5.74) is 8.11. The Morgan fingerprint density at radius 3 is 2.48 bits per heavy atom. The number of nitrogen functional groups attached to an aromatic ring is 1. The van der Waals surface area contributed by atoms with Crippen LogP contribution < -0.4 is 20.5 Å². The Hall–Kier alpha value is -2.54. The van der Waals surface area contributed by atoms with Gasteiger partial charge in [-0.1, -0.05) is 0 Å². The molecule has 6 nitrogen and oxygen atoms in total. The lowest BCUT2D eigenvalue weighted by molar-refractivity contribution is 0.356. The number of anilines is 3. The van der Waals surface area contributed by atoms with Crippen LogP contribution in [0.4, 0.5) is 17.2 Å². The first kappa shape index (κ1) is 15.4. The van der Waals surface area contributed by atoms with E-state index in [0.717, 1.165) is 21.1 Å². The molecule has 3 rings (SSSR count). The van der Waals surface area contributed by atoms with E-state index in [9.17, 15) is 0 Å². The van der Waals surface area contributed by atoms with Crippen LogP contribution in [0.25, 0.3) is 10.9 Å². The Labute approximate surface area is 141 Å². The quantitative estimate of drug-likeness (QED) is 0.676. The molecule has 7 heteroatoms. The first-order valence-electron chi connectivity index (χ1n) is 6.81. The average molecular weight is 375 g/mol. The van der Waals surface area contributed by atoms with E-state index in [-0.39, 0.29) is 0 Å². The van der Waals surface area contributed by atoms with Crippen molar-refractivity contribution in [3.8, 4) is 11.5 Å². The van der Waals surface area contributed by atoms with Gasteiger partial charge in [-0.15, -0.1) is 0 Å². The Kier molecular flexibility index (Phi) is 4.20. The molecule has 0 saturated heterocycles. The van der Waals surface area contributed by atoms with E-state index < -0.39 is 0 Å². The highest BCUT2D eigenvalue weighted by Gasteiger charge is 2.11. The Morgan fingerprint density at radius 2 is 1.78 bits per heavy atom. The smallest absolute Gasteiger partial charge is 0.162 e. The molecule has 0 aliphatic carbocycles. The summed E-state index contributed by atoms with van der Waals surface area (Å²) in [4.78, 5) is 8.60. The maximum Gasteiger partial charge on any atom is 0.162 e. The number of nitrogens with one attached hydrogen (secondary N) is 1. The molecule has 0 aliphatic rings. The summed E-state index contributed by atoms with van der Waals surface area (Å²) >= 11 is 3.42. The van der Waals surface area contributed by atoms with Crippen LogP contribution in [0.1, 0.15) is 0 Å². The number of hydrogen-bond donors (Lipinski definition) is 2. The second-order valence-corrected chi connectivity index (χ2v) is 5.66. The predicted octanol–water partition coefficient (Wildman–Crippen LogP) is 3.74. The highest BCUT2D eigenvalue weighted by Crippen LogP contribution is 2.34. The van der Waals surface area contributed by atoms with Gasteiger partial charge in [0, 0.05) is 27.3 Å². The Morgan fingerprint density at radius 1 is 1.04 bits per heavy atom. The zero-order valence-corrected chi connectivity index (χ0v) is 14.2. The minimum Gasteiger partial charge on any atom is -0.493 e. The Balaban J connectivity index is 2.08. The minimum absolute atomic E-state index is 0.622. The summed E-state index contributed by atoms with van der Waals surface area (Å²) in [5, 5.41) is 4.10. The van der Waals surface area contributed by atoms with Gasteiger partial charge in [-0.2, -0.15) is 0 Å². The van der Waals surface area contributed by atoms with Crippen LogP contribution in [0, 0.1) is 0 Å². The lowest BCUT2D eigenvalue weighted by Gasteiger charge is -2.12. The van der Waals surface area contributed by atoms with E-state index in [4.69, 9.17) is 15.2 Å². The summed E-state index contributed by atoms with van der Waals surface area (Å²) in [6.45, 7) is 0. The molecule has 0 saturated carbocycles. The molecule has 1 heterocycles. The normalized spacial score (nSPS) is 10.6. The molecule has 23 heavy (non-hydrogen) atoms. The van der Waals surface area contributed by atoms with Gasteiger partial charge < -0.3 is 20.5 Å². The van der Waals surface area contributed by atoms with Gasteiger partial charge in [-0.05, 0) is 40.2 Å². The third-order valence-corrected chi connectivity index (χ3v) is 4.09. The third-order valence-electron chi connectivity index (χ3n) is 3.40. The van der Waals surface area contributed by atoms with Crippen LogP contribution in [-0.4, -0.2) is 24.2 Å². The average Bonchev–Trinajstić information content (AvgIpc) is 2.57. The SMILES string of the molecule is COc1cc2ncnc(Nc3ccc(N)c(Br)c3)c2cc1OC. The van der Waals surface area contributed by atoms with Gasteiger partial charge >= 0.3 is 0 Å². The van der Waals surface area contributed by atoms with Crippen LogP contribution in [-0.2, 0) is 0 Å². The number of rotatable bonds is 4. The van der Waals surface area contributed by atoms with Crippen molar-refractivity contribution in [1.82, 2.24) is 9.97 Å². The number of hydrogen-bond acceptors (Lipinski definition) is 6. The largest absolute Gasteiger partial charge is 0.493 e. The highest BCUT2D eigenvalue weighted by molar-refractivity contribution is 9.10. The fourth-order valence-electron chi connectivity index (χ4n) is 2.22. The highest BCUT2D eigenvalue weighted by atomic mass is 79.9. The number of aromatic nitrogens is 2.